The van der Waals surface area contributed by atoms with Gasteiger partial charge in [-0.1, -0.05) is 27.7 Å². The molecule has 0 unspecified atom stereocenters. The van der Waals surface area contributed by atoms with Crippen molar-refractivity contribution in [2.75, 3.05) is 12.3 Å². The third kappa shape index (κ3) is 3.97. The van der Waals surface area contributed by atoms with Gasteiger partial charge >= 0.3 is 5.97 Å². The molecular formula is C16H27N3O4S. The van der Waals surface area contributed by atoms with Gasteiger partial charge in [0.2, 0.25) is 10.0 Å². The first-order valence-corrected chi connectivity index (χ1v) is 9.89. The molecule has 136 valence electrons. The van der Waals surface area contributed by atoms with Gasteiger partial charge in [-0.05, 0) is 17.9 Å². The van der Waals surface area contributed by atoms with Gasteiger partial charge in [-0.2, -0.15) is 0 Å². The Morgan fingerprint density at radius 1 is 1.42 bits per heavy atom. The lowest BCUT2D eigenvalue weighted by molar-refractivity contribution is -0.134. The normalized spacial score (nSPS) is 24.9. The second-order valence-corrected chi connectivity index (χ2v) is 9.22. The zero-order valence-electron chi connectivity index (χ0n) is 15.0. The van der Waals surface area contributed by atoms with Crippen LogP contribution in [-0.2, 0) is 14.8 Å². The molecule has 2 N–H and O–H groups in total. The summed E-state index contributed by atoms with van der Waals surface area (Å²) in [5, 5.41) is 8.73. The molecule has 24 heavy (non-hydrogen) atoms. The van der Waals surface area contributed by atoms with Crippen molar-refractivity contribution >= 4 is 21.8 Å². The number of rotatable bonds is 5. The van der Waals surface area contributed by atoms with E-state index in [9.17, 15) is 13.2 Å². The highest BCUT2D eigenvalue weighted by Gasteiger charge is 2.40. The van der Waals surface area contributed by atoms with Crippen molar-refractivity contribution < 1.29 is 18.3 Å². The lowest BCUT2D eigenvalue weighted by Crippen LogP contribution is -2.41. The molecule has 0 spiro atoms. The molecule has 0 bridgehead atoms. The van der Waals surface area contributed by atoms with Crippen LogP contribution >= 0.6 is 0 Å². The van der Waals surface area contributed by atoms with Crippen molar-refractivity contribution in [1.82, 2.24) is 9.62 Å². The maximum absolute atomic E-state index is 11.9. The topological polar surface area (TPSA) is 99.1 Å². The summed E-state index contributed by atoms with van der Waals surface area (Å²) in [6.07, 6.45) is 1.34. The van der Waals surface area contributed by atoms with E-state index in [2.05, 4.69) is 37.3 Å². The molecule has 8 heteroatoms. The lowest BCUT2D eigenvalue weighted by Gasteiger charge is -2.37. The fourth-order valence-electron chi connectivity index (χ4n) is 3.73. The van der Waals surface area contributed by atoms with E-state index >= 15 is 0 Å². The number of hydrogen-bond acceptors (Lipinski definition) is 5. The van der Waals surface area contributed by atoms with E-state index in [1.165, 1.54) is 5.57 Å². The van der Waals surface area contributed by atoms with Gasteiger partial charge in [0.05, 0.1) is 6.04 Å². The van der Waals surface area contributed by atoms with E-state index in [1.54, 1.807) is 0 Å². The molecule has 2 aliphatic heterocycles. The number of fused-ring (bicyclic) bond motifs is 1. The van der Waals surface area contributed by atoms with Crippen LogP contribution in [0.3, 0.4) is 0 Å². The van der Waals surface area contributed by atoms with Crippen LogP contribution in [0.15, 0.2) is 16.3 Å². The SMILES string of the molecule is CCC1=N[C@@H](C)C(C(C)(C)C)=C2C[C@H](NS(=O)(=O)CC(=O)O)CN12. The number of nitrogens with zero attached hydrogens (tertiary/aromatic N) is 2. The van der Waals surface area contributed by atoms with Crippen LogP contribution in [0.5, 0.6) is 0 Å². The first kappa shape index (κ1) is 18.9. The number of nitrogens with one attached hydrogen (secondary N) is 1. The van der Waals surface area contributed by atoms with Crippen LogP contribution in [-0.4, -0.2) is 54.6 Å². The van der Waals surface area contributed by atoms with Crippen LogP contribution in [0.25, 0.3) is 0 Å². The van der Waals surface area contributed by atoms with E-state index in [4.69, 9.17) is 10.1 Å². The molecule has 2 rings (SSSR count). The second-order valence-electron chi connectivity index (χ2n) is 7.47. The molecule has 1 saturated heterocycles. The van der Waals surface area contributed by atoms with Crippen LogP contribution in [0.2, 0.25) is 0 Å². The van der Waals surface area contributed by atoms with Gasteiger partial charge in [-0.25, -0.2) is 13.1 Å². The van der Waals surface area contributed by atoms with Crippen molar-refractivity contribution in [2.24, 2.45) is 10.4 Å². The summed E-state index contributed by atoms with van der Waals surface area (Å²) in [7, 11) is -3.84. The highest BCUT2D eigenvalue weighted by Crippen LogP contribution is 2.40. The monoisotopic (exact) mass is 357 g/mol. The van der Waals surface area contributed by atoms with Crippen LogP contribution in [0, 0.1) is 5.41 Å². The first-order chi connectivity index (χ1) is 10.9. The Bertz CT molecular complexity index is 689. The number of hydrogen-bond donors (Lipinski definition) is 2. The van der Waals surface area contributed by atoms with Crippen molar-refractivity contribution in [3.8, 4) is 0 Å². The average Bonchev–Trinajstić information content (AvgIpc) is 2.75. The Morgan fingerprint density at radius 2 is 2.04 bits per heavy atom. The molecule has 0 aromatic rings. The molecule has 0 radical (unpaired) electrons. The fraction of sp³-hybridized carbons (Fsp3) is 0.750. The van der Waals surface area contributed by atoms with E-state index in [0.717, 1.165) is 18.0 Å². The Labute approximate surface area is 143 Å². The maximum Gasteiger partial charge on any atom is 0.320 e. The Morgan fingerprint density at radius 3 is 2.54 bits per heavy atom. The van der Waals surface area contributed by atoms with Gasteiger partial charge in [-0.3, -0.25) is 9.79 Å². The molecular weight excluding hydrogens is 330 g/mol. The maximum atomic E-state index is 11.9. The molecule has 0 amide bonds. The first-order valence-electron chi connectivity index (χ1n) is 8.24. The molecule has 0 aromatic carbocycles. The van der Waals surface area contributed by atoms with Crippen molar-refractivity contribution in [3.05, 3.63) is 11.3 Å². The van der Waals surface area contributed by atoms with E-state index in [1.807, 2.05) is 6.92 Å². The predicted molar refractivity (Wildman–Crippen MR) is 93.3 cm³/mol. The second kappa shape index (κ2) is 6.48. The average molecular weight is 357 g/mol. The minimum absolute atomic E-state index is 0.0649. The number of aliphatic imine (C=N–C) groups is 1. The van der Waals surface area contributed by atoms with E-state index < -0.39 is 21.7 Å². The number of amidine groups is 1. The van der Waals surface area contributed by atoms with Crippen LogP contribution in [0.1, 0.15) is 47.5 Å². The Hall–Kier alpha value is -1.41. The lowest BCUT2D eigenvalue weighted by atomic mass is 9.80. The van der Waals surface area contributed by atoms with Gasteiger partial charge in [0.15, 0.2) is 5.75 Å². The molecule has 2 heterocycles. The predicted octanol–water partition coefficient (Wildman–Crippen LogP) is 1.58. The Balaban J connectivity index is 2.31. The summed E-state index contributed by atoms with van der Waals surface area (Å²) in [5.74, 6) is -1.29. The number of carboxylic acids is 1. The van der Waals surface area contributed by atoms with Gasteiger partial charge in [-0.15, -0.1) is 0 Å². The molecule has 0 saturated carbocycles. The summed E-state index contributed by atoms with van der Waals surface area (Å²) in [5.41, 5.74) is 2.29. The standard InChI is InChI=1S/C16H27N3O4S/c1-6-13-17-10(2)15(16(3,4)5)12-7-11(8-19(12)13)18-24(22,23)9-14(20)21/h10-11,18H,6-9H2,1-5H3,(H,20,21)/t10-,11-/m0/s1. The van der Waals surface area contributed by atoms with Crippen LogP contribution in [0.4, 0.5) is 0 Å². The third-order valence-corrected chi connectivity index (χ3v) is 5.65. The molecule has 1 fully saturated rings. The molecule has 0 aromatic heterocycles. The van der Waals surface area contributed by atoms with Crippen molar-refractivity contribution in [3.63, 3.8) is 0 Å². The highest BCUT2D eigenvalue weighted by molar-refractivity contribution is 7.90. The van der Waals surface area contributed by atoms with Gasteiger partial charge in [0.1, 0.15) is 5.84 Å². The summed E-state index contributed by atoms with van der Waals surface area (Å²) in [4.78, 5) is 17.6. The van der Waals surface area contributed by atoms with Gasteiger partial charge in [0, 0.05) is 31.1 Å². The summed E-state index contributed by atoms with van der Waals surface area (Å²) < 4.78 is 26.4. The number of carboxylic acid groups (broad SMARTS) is 1. The van der Waals surface area contributed by atoms with E-state index in [-0.39, 0.29) is 17.5 Å². The van der Waals surface area contributed by atoms with E-state index in [0.29, 0.717) is 13.0 Å². The quantitative estimate of drug-likeness (QED) is 0.778. The minimum Gasteiger partial charge on any atom is -0.480 e. The van der Waals surface area contributed by atoms with Gasteiger partial charge < -0.3 is 10.0 Å². The molecule has 2 atom stereocenters. The zero-order valence-corrected chi connectivity index (χ0v) is 15.8. The summed E-state index contributed by atoms with van der Waals surface area (Å²) in [6.45, 7) is 11.0. The smallest absolute Gasteiger partial charge is 0.320 e. The van der Waals surface area contributed by atoms with Gasteiger partial charge in [0.25, 0.3) is 0 Å². The summed E-state index contributed by atoms with van der Waals surface area (Å²) in [6, 6.07) is -0.260. The number of carbonyl (C=O) groups is 1. The largest absolute Gasteiger partial charge is 0.480 e. The van der Waals surface area contributed by atoms with Crippen molar-refractivity contribution in [1.29, 1.82) is 0 Å². The zero-order chi connectivity index (χ0) is 18.3. The molecule has 0 aliphatic carbocycles. The summed E-state index contributed by atoms with van der Waals surface area (Å²) >= 11 is 0. The molecule has 2 aliphatic rings. The third-order valence-electron chi connectivity index (χ3n) is 4.34. The fourth-order valence-corrected chi connectivity index (χ4v) is 4.81. The molecule has 7 nitrogen and oxygen atoms in total. The highest BCUT2D eigenvalue weighted by atomic mass is 32.2. The Kier molecular flexibility index (Phi) is 5.11. The number of sulfonamides is 1. The van der Waals surface area contributed by atoms with Crippen LogP contribution < -0.4 is 4.72 Å². The van der Waals surface area contributed by atoms with Crippen molar-refractivity contribution in [2.45, 2.75) is 59.5 Å². The number of aliphatic carboxylic acids is 1. The minimum atomic E-state index is -3.84.